The van der Waals surface area contributed by atoms with Gasteiger partial charge < -0.3 is 0 Å². The maximum absolute atomic E-state index is 4.93. The van der Waals surface area contributed by atoms with Crippen LogP contribution < -0.4 is 0 Å². The Hall–Kier alpha value is -1.27. The fourth-order valence-electron chi connectivity index (χ4n) is 3.70. The Balaban J connectivity index is 0.000000706. The number of halogens is 2. The minimum atomic E-state index is -0.826. The van der Waals surface area contributed by atoms with Crippen molar-refractivity contribution in [3.63, 3.8) is 0 Å². The molecule has 0 N–H and O–H groups in total. The molecule has 0 fully saturated rings. The topological polar surface area (TPSA) is 0 Å². The first-order valence-electron chi connectivity index (χ1n) is 9.35. The van der Waals surface area contributed by atoms with E-state index in [2.05, 4.69) is 92.7 Å². The van der Waals surface area contributed by atoms with Crippen molar-refractivity contribution in [2.75, 3.05) is 0 Å². The van der Waals surface area contributed by atoms with Crippen LogP contribution in [0.1, 0.15) is 33.4 Å². The van der Waals surface area contributed by atoms with E-state index in [1.54, 1.807) is 0 Å². The summed E-state index contributed by atoms with van der Waals surface area (Å²) in [7, 11) is 9.87. The molecule has 4 aromatic carbocycles. The van der Waals surface area contributed by atoms with Crippen LogP contribution in [0.4, 0.5) is 0 Å². The van der Waals surface area contributed by atoms with Crippen LogP contribution in [0.2, 0.25) is 0 Å². The maximum atomic E-state index is 4.93. The summed E-state index contributed by atoms with van der Waals surface area (Å²) in [6.07, 6.45) is 1.99. The van der Waals surface area contributed by atoms with Gasteiger partial charge >= 0.3 is 37.9 Å². The molecule has 0 spiro atoms. The van der Waals surface area contributed by atoms with Crippen molar-refractivity contribution in [1.29, 1.82) is 0 Å². The normalized spacial score (nSPS) is 10.4. The summed E-state index contributed by atoms with van der Waals surface area (Å²) >= 11 is -0.826. The molecular formula is C25H23Cl2Zr-. The molecule has 0 saturated heterocycles. The Labute approximate surface area is 186 Å². The summed E-state index contributed by atoms with van der Waals surface area (Å²) in [5, 5.41) is 2.74. The van der Waals surface area contributed by atoms with E-state index in [0.717, 1.165) is 12.8 Å². The molecule has 0 bridgehead atoms. The molecule has 0 amide bonds. The van der Waals surface area contributed by atoms with E-state index < -0.39 is 20.8 Å². The fourth-order valence-corrected chi connectivity index (χ4v) is 3.70. The second kappa shape index (κ2) is 10.5. The third-order valence-corrected chi connectivity index (χ3v) is 5.30. The predicted octanol–water partition coefficient (Wildman–Crippen LogP) is 7.73. The van der Waals surface area contributed by atoms with Crippen LogP contribution in [0, 0.1) is 13.8 Å². The first kappa shape index (κ1) is 21.4. The van der Waals surface area contributed by atoms with Gasteiger partial charge in [-0.15, -0.1) is 29.0 Å². The molecule has 0 nitrogen and oxygen atoms in total. The molecule has 0 radical (unpaired) electrons. The molecule has 0 unspecified atom stereocenters. The summed E-state index contributed by atoms with van der Waals surface area (Å²) in [5.74, 6) is 0. The van der Waals surface area contributed by atoms with Crippen LogP contribution in [-0.2, 0) is 33.7 Å². The van der Waals surface area contributed by atoms with Crippen molar-refractivity contribution in [2.45, 2.75) is 26.7 Å². The molecule has 0 heterocycles. The number of hydrogen-bond donors (Lipinski definition) is 0. The molecule has 0 aliphatic carbocycles. The minimum absolute atomic E-state index is 0.826. The molecular weight excluding hydrogens is 462 g/mol. The summed E-state index contributed by atoms with van der Waals surface area (Å²) in [5.41, 5.74) is 8.48. The number of benzene rings is 3. The third-order valence-electron chi connectivity index (χ3n) is 5.30. The Morgan fingerprint density at radius 2 is 1.29 bits per heavy atom. The zero-order chi connectivity index (χ0) is 19.9. The Morgan fingerprint density at radius 1 is 0.714 bits per heavy atom. The van der Waals surface area contributed by atoms with Crippen LogP contribution in [0.3, 0.4) is 0 Å². The van der Waals surface area contributed by atoms with Crippen LogP contribution in [0.15, 0.2) is 78.9 Å². The van der Waals surface area contributed by atoms with E-state index in [9.17, 15) is 0 Å². The SMILES string of the molecule is Cc1ccccc1Cc1ccc2[cH-]ccc2c1Cc1ccccc1C.[Cl][Zr][Cl]. The molecule has 0 atom stereocenters. The zero-order valence-electron chi connectivity index (χ0n) is 16.2. The molecule has 4 rings (SSSR count). The standard InChI is InChI=1S/C25H23.2ClH.Zr/c1-18-8-3-5-10-21(18)16-23-15-14-20-12-7-13-24(20)25(23)17-22-11-6-4-9-19(22)2;;;/h3-15H,16-17H2,1-2H3;2*1H;/q-1;;;+2/p-2. The van der Waals surface area contributed by atoms with Gasteiger partial charge in [0.25, 0.3) is 0 Å². The van der Waals surface area contributed by atoms with E-state index in [-0.39, 0.29) is 0 Å². The van der Waals surface area contributed by atoms with Crippen LogP contribution in [-0.4, -0.2) is 0 Å². The van der Waals surface area contributed by atoms with E-state index in [4.69, 9.17) is 17.0 Å². The van der Waals surface area contributed by atoms with Crippen molar-refractivity contribution in [3.05, 3.63) is 112 Å². The van der Waals surface area contributed by atoms with E-state index in [1.165, 1.54) is 44.2 Å². The average Bonchev–Trinajstić information content (AvgIpc) is 3.17. The van der Waals surface area contributed by atoms with E-state index >= 15 is 0 Å². The van der Waals surface area contributed by atoms with Gasteiger partial charge in [-0.05, 0) is 48.9 Å². The van der Waals surface area contributed by atoms with Gasteiger partial charge in [0.2, 0.25) is 0 Å². The predicted molar refractivity (Wildman–Crippen MR) is 119 cm³/mol. The van der Waals surface area contributed by atoms with Crippen molar-refractivity contribution in [3.8, 4) is 0 Å². The fraction of sp³-hybridized carbons (Fsp3) is 0.160. The second-order valence-corrected chi connectivity index (χ2v) is 10.7. The van der Waals surface area contributed by atoms with Crippen molar-refractivity contribution in [2.24, 2.45) is 0 Å². The summed E-state index contributed by atoms with van der Waals surface area (Å²) in [6, 6.07) is 28.7. The molecule has 142 valence electrons. The van der Waals surface area contributed by atoms with Gasteiger partial charge in [0, 0.05) is 0 Å². The number of rotatable bonds is 4. The Bertz CT molecular complexity index is 1050. The Morgan fingerprint density at radius 3 is 1.89 bits per heavy atom. The van der Waals surface area contributed by atoms with Crippen molar-refractivity contribution >= 4 is 27.8 Å². The number of hydrogen-bond acceptors (Lipinski definition) is 0. The first-order valence-corrected chi connectivity index (χ1v) is 15.7. The monoisotopic (exact) mass is 483 g/mol. The molecule has 0 aromatic heterocycles. The van der Waals surface area contributed by atoms with E-state index in [1.807, 2.05) is 0 Å². The van der Waals surface area contributed by atoms with Gasteiger partial charge in [0.15, 0.2) is 0 Å². The van der Waals surface area contributed by atoms with Crippen molar-refractivity contribution < 1.29 is 20.8 Å². The summed E-state index contributed by atoms with van der Waals surface area (Å²) in [4.78, 5) is 0. The van der Waals surface area contributed by atoms with Gasteiger partial charge in [-0.3, -0.25) is 0 Å². The Kier molecular flexibility index (Phi) is 8.04. The molecule has 28 heavy (non-hydrogen) atoms. The third kappa shape index (κ3) is 5.21. The average molecular weight is 486 g/mol. The molecule has 0 aliphatic rings. The van der Waals surface area contributed by atoms with Crippen LogP contribution >= 0.6 is 17.0 Å². The zero-order valence-corrected chi connectivity index (χ0v) is 20.1. The van der Waals surface area contributed by atoms with Gasteiger partial charge in [-0.1, -0.05) is 59.7 Å². The first-order chi connectivity index (χ1) is 13.6. The molecule has 4 aromatic rings. The van der Waals surface area contributed by atoms with Gasteiger partial charge in [0.05, 0.1) is 0 Å². The molecule has 0 saturated carbocycles. The van der Waals surface area contributed by atoms with E-state index in [0.29, 0.717) is 0 Å². The quantitative estimate of drug-likeness (QED) is 0.260. The van der Waals surface area contributed by atoms with Crippen molar-refractivity contribution in [1.82, 2.24) is 0 Å². The summed E-state index contributed by atoms with van der Waals surface area (Å²) in [6.45, 7) is 4.42. The summed E-state index contributed by atoms with van der Waals surface area (Å²) < 4.78 is 0. The van der Waals surface area contributed by atoms with Gasteiger partial charge in [-0.25, -0.2) is 0 Å². The van der Waals surface area contributed by atoms with Crippen LogP contribution in [0.5, 0.6) is 0 Å². The van der Waals surface area contributed by atoms with Crippen LogP contribution in [0.25, 0.3) is 10.8 Å². The molecule has 3 heteroatoms. The number of aryl methyl sites for hydroxylation is 2. The van der Waals surface area contributed by atoms with Gasteiger partial charge in [0.1, 0.15) is 0 Å². The second-order valence-electron chi connectivity index (χ2n) is 7.01. The molecule has 0 aliphatic heterocycles. The van der Waals surface area contributed by atoms with Gasteiger partial charge in [-0.2, -0.15) is 12.1 Å². The number of fused-ring (bicyclic) bond motifs is 1.